The quantitative estimate of drug-likeness (QED) is 0.841. The molecule has 0 atom stereocenters. The minimum absolute atomic E-state index is 0.144. The number of nitrogens with one attached hydrogen (secondary N) is 1. The van der Waals surface area contributed by atoms with Gasteiger partial charge in [0.15, 0.2) is 0 Å². The second-order valence-corrected chi connectivity index (χ2v) is 4.65. The molecular formula is C12H10FIN2O. The number of hydrogen-bond acceptors (Lipinski definition) is 3. The first-order valence-electron chi connectivity index (χ1n) is 4.98. The normalized spacial score (nSPS) is 10.2. The lowest BCUT2D eigenvalue weighted by Gasteiger charge is -2.08. The second-order valence-electron chi connectivity index (χ2n) is 3.49. The Morgan fingerprint density at radius 1 is 1.29 bits per heavy atom. The molecule has 0 unspecified atom stereocenters. The molecule has 5 heteroatoms. The van der Waals surface area contributed by atoms with Crippen molar-refractivity contribution < 1.29 is 9.50 Å². The molecule has 0 aliphatic heterocycles. The van der Waals surface area contributed by atoms with Gasteiger partial charge >= 0.3 is 0 Å². The Morgan fingerprint density at radius 3 is 2.76 bits per heavy atom. The Balaban J connectivity index is 2.04. The summed E-state index contributed by atoms with van der Waals surface area (Å²) in [5, 5.41) is 12.2. The van der Waals surface area contributed by atoms with Gasteiger partial charge in [0.1, 0.15) is 11.6 Å². The van der Waals surface area contributed by atoms with Crippen LogP contribution in [0.15, 0.2) is 36.5 Å². The van der Waals surface area contributed by atoms with Gasteiger partial charge in [0, 0.05) is 9.26 Å². The lowest BCUT2D eigenvalue weighted by molar-refractivity contribution is 0.472. The summed E-state index contributed by atoms with van der Waals surface area (Å²) >= 11 is 2.07. The van der Waals surface area contributed by atoms with Crippen molar-refractivity contribution in [2.45, 2.75) is 6.54 Å². The number of benzene rings is 1. The molecule has 2 aromatic rings. The van der Waals surface area contributed by atoms with Crippen molar-refractivity contribution >= 4 is 28.3 Å². The average molecular weight is 344 g/mol. The maximum atomic E-state index is 12.9. The largest absolute Gasteiger partial charge is 0.506 e. The molecule has 3 nitrogen and oxygen atoms in total. The first kappa shape index (κ1) is 12.1. The van der Waals surface area contributed by atoms with Crippen molar-refractivity contribution in [1.82, 2.24) is 4.98 Å². The van der Waals surface area contributed by atoms with Crippen LogP contribution in [0.2, 0.25) is 0 Å². The second kappa shape index (κ2) is 5.31. The lowest BCUT2D eigenvalue weighted by atomic mass is 10.3. The Hall–Kier alpha value is -1.37. The predicted octanol–water partition coefficient (Wildman–Crippen LogP) is 3.14. The first-order valence-corrected chi connectivity index (χ1v) is 6.06. The van der Waals surface area contributed by atoms with Gasteiger partial charge in [-0.2, -0.15) is 0 Å². The molecule has 0 saturated carbocycles. The zero-order valence-corrected chi connectivity index (χ0v) is 11.0. The molecule has 0 aliphatic rings. The monoisotopic (exact) mass is 344 g/mol. The maximum absolute atomic E-state index is 12.9. The van der Waals surface area contributed by atoms with Crippen LogP contribution >= 0.6 is 22.6 Å². The summed E-state index contributed by atoms with van der Waals surface area (Å²) in [6, 6.07) is 7.89. The summed E-state index contributed by atoms with van der Waals surface area (Å²) in [4.78, 5) is 4.05. The Kier molecular flexibility index (Phi) is 3.78. The van der Waals surface area contributed by atoms with Crippen molar-refractivity contribution in [2.75, 3.05) is 5.32 Å². The van der Waals surface area contributed by atoms with Crippen LogP contribution in [-0.2, 0) is 6.54 Å². The van der Waals surface area contributed by atoms with E-state index in [0.29, 0.717) is 6.54 Å². The van der Waals surface area contributed by atoms with Crippen molar-refractivity contribution in [2.24, 2.45) is 0 Å². The minimum Gasteiger partial charge on any atom is -0.506 e. The van der Waals surface area contributed by atoms with Gasteiger partial charge in [0.05, 0.1) is 18.4 Å². The van der Waals surface area contributed by atoms with Gasteiger partial charge < -0.3 is 10.4 Å². The van der Waals surface area contributed by atoms with E-state index in [-0.39, 0.29) is 11.6 Å². The van der Waals surface area contributed by atoms with Gasteiger partial charge in [-0.25, -0.2) is 4.39 Å². The minimum atomic E-state index is -0.247. The molecule has 0 bridgehead atoms. The van der Waals surface area contributed by atoms with Crippen molar-refractivity contribution in [3.8, 4) is 5.75 Å². The van der Waals surface area contributed by atoms with E-state index in [2.05, 4.69) is 32.9 Å². The molecule has 0 amide bonds. The summed E-state index contributed by atoms with van der Waals surface area (Å²) in [5.74, 6) is -0.104. The van der Waals surface area contributed by atoms with E-state index in [1.807, 2.05) is 0 Å². The van der Waals surface area contributed by atoms with Crippen molar-refractivity contribution in [1.29, 1.82) is 0 Å². The van der Waals surface area contributed by atoms with Crippen LogP contribution in [0, 0.1) is 9.39 Å². The summed E-state index contributed by atoms with van der Waals surface area (Å²) in [6.45, 7) is 0.530. The maximum Gasteiger partial charge on any atom is 0.133 e. The van der Waals surface area contributed by atoms with E-state index in [9.17, 15) is 4.39 Å². The lowest BCUT2D eigenvalue weighted by Crippen LogP contribution is -2.02. The predicted molar refractivity (Wildman–Crippen MR) is 72.3 cm³/mol. The molecule has 88 valence electrons. The first-order chi connectivity index (χ1) is 8.15. The van der Waals surface area contributed by atoms with Crippen LogP contribution in [0.25, 0.3) is 0 Å². The summed E-state index contributed by atoms with van der Waals surface area (Å²) in [6.07, 6.45) is 1.40. The highest BCUT2D eigenvalue weighted by Crippen LogP contribution is 2.19. The SMILES string of the molecule is Oc1ccc(CNc2ccc(F)cc2I)nc1. The number of anilines is 1. The molecule has 0 fully saturated rings. The molecule has 0 aliphatic carbocycles. The Morgan fingerprint density at radius 2 is 2.12 bits per heavy atom. The highest BCUT2D eigenvalue weighted by molar-refractivity contribution is 14.1. The summed E-state index contributed by atoms with van der Waals surface area (Å²) in [7, 11) is 0. The molecule has 2 rings (SSSR count). The zero-order valence-electron chi connectivity index (χ0n) is 8.82. The zero-order chi connectivity index (χ0) is 12.3. The fourth-order valence-corrected chi connectivity index (χ4v) is 2.01. The van der Waals surface area contributed by atoms with Gasteiger partial charge in [0.2, 0.25) is 0 Å². The molecule has 1 aromatic carbocycles. The highest BCUT2D eigenvalue weighted by Gasteiger charge is 2.01. The standard InChI is InChI=1S/C12H10FIN2O/c13-8-1-4-12(11(14)5-8)16-6-9-2-3-10(17)7-15-9/h1-5,7,16-17H,6H2. The topological polar surface area (TPSA) is 45.1 Å². The van der Waals surface area contributed by atoms with E-state index < -0.39 is 0 Å². The van der Waals surface area contributed by atoms with Gasteiger partial charge in [0.25, 0.3) is 0 Å². The molecule has 0 spiro atoms. The molecule has 17 heavy (non-hydrogen) atoms. The number of pyridine rings is 1. The number of halogens is 2. The summed E-state index contributed by atoms with van der Waals surface area (Å²) < 4.78 is 13.7. The van der Waals surface area contributed by atoms with Crippen LogP contribution in [-0.4, -0.2) is 10.1 Å². The van der Waals surface area contributed by atoms with Gasteiger partial charge in [-0.15, -0.1) is 0 Å². The number of nitrogens with zero attached hydrogens (tertiary/aromatic N) is 1. The fraction of sp³-hybridized carbons (Fsp3) is 0.0833. The molecule has 0 saturated heterocycles. The molecule has 2 N–H and O–H groups in total. The molecule has 0 radical (unpaired) electrons. The Labute approximate surface area is 112 Å². The van der Waals surface area contributed by atoms with Crippen molar-refractivity contribution in [3.63, 3.8) is 0 Å². The third-order valence-corrected chi connectivity index (χ3v) is 3.09. The van der Waals surface area contributed by atoms with E-state index in [4.69, 9.17) is 5.11 Å². The van der Waals surface area contributed by atoms with Crippen LogP contribution in [0.5, 0.6) is 5.75 Å². The summed E-state index contributed by atoms with van der Waals surface area (Å²) in [5.41, 5.74) is 1.67. The third kappa shape index (κ3) is 3.29. The number of rotatable bonds is 3. The van der Waals surface area contributed by atoms with Crippen LogP contribution in [0.3, 0.4) is 0 Å². The van der Waals surface area contributed by atoms with Crippen LogP contribution in [0.1, 0.15) is 5.69 Å². The van der Waals surface area contributed by atoms with E-state index in [1.165, 1.54) is 18.3 Å². The van der Waals surface area contributed by atoms with Gasteiger partial charge in [-0.3, -0.25) is 4.98 Å². The van der Waals surface area contributed by atoms with Gasteiger partial charge in [-0.05, 0) is 52.9 Å². The fourth-order valence-electron chi connectivity index (χ4n) is 1.34. The molecule has 1 heterocycles. The number of aromatic hydroxyl groups is 1. The van der Waals surface area contributed by atoms with E-state index >= 15 is 0 Å². The number of aromatic nitrogens is 1. The van der Waals surface area contributed by atoms with Gasteiger partial charge in [-0.1, -0.05) is 0 Å². The smallest absolute Gasteiger partial charge is 0.133 e. The third-order valence-electron chi connectivity index (χ3n) is 2.20. The number of hydrogen-bond donors (Lipinski definition) is 2. The van der Waals surface area contributed by atoms with E-state index in [0.717, 1.165) is 15.0 Å². The highest BCUT2D eigenvalue weighted by atomic mass is 127. The Bertz CT molecular complexity index is 516. The van der Waals surface area contributed by atoms with Crippen LogP contribution in [0.4, 0.5) is 10.1 Å². The average Bonchev–Trinajstić information content (AvgIpc) is 2.30. The van der Waals surface area contributed by atoms with E-state index in [1.54, 1.807) is 18.2 Å². The van der Waals surface area contributed by atoms with Crippen molar-refractivity contribution in [3.05, 3.63) is 51.6 Å². The molecule has 1 aromatic heterocycles. The van der Waals surface area contributed by atoms with Crippen LogP contribution < -0.4 is 5.32 Å². The molecular weight excluding hydrogens is 334 g/mol.